The Hall–Kier alpha value is -2.30. The molecule has 23 heavy (non-hydrogen) atoms. The van der Waals surface area contributed by atoms with E-state index >= 15 is 0 Å². The van der Waals surface area contributed by atoms with Crippen molar-refractivity contribution in [2.24, 2.45) is 0 Å². The van der Waals surface area contributed by atoms with E-state index in [1.54, 1.807) is 18.2 Å². The number of esters is 1. The van der Waals surface area contributed by atoms with Gasteiger partial charge in [0.05, 0.1) is 10.7 Å². The Balaban J connectivity index is 1.82. The number of carbonyl (C=O) groups excluding carboxylic acids is 2. The lowest BCUT2D eigenvalue weighted by Crippen LogP contribution is -2.20. The van der Waals surface area contributed by atoms with E-state index in [1.165, 1.54) is 12.1 Å². The van der Waals surface area contributed by atoms with Crippen LogP contribution in [0.5, 0.6) is 0 Å². The molecule has 0 bridgehead atoms. The van der Waals surface area contributed by atoms with Gasteiger partial charge in [-0.2, -0.15) is 0 Å². The first-order valence-corrected chi connectivity index (χ1v) is 7.45. The third kappa shape index (κ3) is 5.77. The molecule has 0 unspecified atom stereocenters. The minimum absolute atomic E-state index is 0.307. The second-order valence-corrected chi connectivity index (χ2v) is 5.37. The Labute approximate surface area is 143 Å². The second kappa shape index (κ2) is 8.36. The van der Waals surface area contributed by atoms with Crippen LogP contribution in [0, 0.1) is 0 Å². The third-order valence-electron chi connectivity index (χ3n) is 2.76. The molecule has 0 fully saturated rings. The molecule has 118 valence electrons. The maximum Gasteiger partial charge on any atom is 0.331 e. The highest BCUT2D eigenvalue weighted by atomic mass is 35.5. The molecular formula is C17H13Cl2NO3. The molecule has 0 radical (unpaired) electrons. The van der Waals surface area contributed by atoms with Crippen LogP contribution in [-0.4, -0.2) is 18.5 Å². The molecule has 4 nitrogen and oxygen atoms in total. The molecule has 0 aliphatic rings. The van der Waals surface area contributed by atoms with Crippen molar-refractivity contribution in [1.82, 2.24) is 0 Å². The Morgan fingerprint density at radius 3 is 2.52 bits per heavy atom. The van der Waals surface area contributed by atoms with Crippen LogP contribution in [0.2, 0.25) is 10.0 Å². The lowest BCUT2D eigenvalue weighted by Gasteiger charge is -2.07. The van der Waals surface area contributed by atoms with E-state index in [-0.39, 0.29) is 0 Å². The Bertz CT molecular complexity index is 730. The van der Waals surface area contributed by atoms with Gasteiger partial charge in [0, 0.05) is 11.1 Å². The molecule has 0 aliphatic heterocycles. The highest BCUT2D eigenvalue weighted by Crippen LogP contribution is 2.25. The van der Waals surface area contributed by atoms with Gasteiger partial charge in [-0.05, 0) is 29.8 Å². The number of rotatable bonds is 5. The van der Waals surface area contributed by atoms with Crippen LogP contribution < -0.4 is 5.32 Å². The molecule has 0 heterocycles. The van der Waals surface area contributed by atoms with Crippen LogP contribution in [0.1, 0.15) is 5.56 Å². The third-order valence-corrected chi connectivity index (χ3v) is 3.31. The number of benzene rings is 2. The smallest absolute Gasteiger partial charge is 0.331 e. The monoisotopic (exact) mass is 349 g/mol. The van der Waals surface area contributed by atoms with Crippen molar-refractivity contribution in [2.45, 2.75) is 0 Å². The van der Waals surface area contributed by atoms with Crippen LogP contribution in [0.25, 0.3) is 6.08 Å². The van der Waals surface area contributed by atoms with E-state index in [4.69, 9.17) is 27.9 Å². The van der Waals surface area contributed by atoms with E-state index in [0.29, 0.717) is 15.7 Å². The topological polar surface area (TPSA) is 55.4 Å². The first-order chi connectivity index (χ1) is 11.0. The molecule has 0 saturated carbocycles. The van der Waals surface area contributed by atoms with Crippen LogP contribution in [0.15, 0.2) is 54.6 Å². The molecule has 2 aromatic rings. The Morgan fingerprint density at radius 2 is 1.83 bits per heavy atom. The van der Waals surface area contributed by atoms with Gasteiger partial charge >= 0.3 is 5.97 Å². The summed E-state index contributed by atoms with van der Waals surface area (Å²) < 4.78 is 4.85. The number of carbonyl (C=O) groups is 2. The van der Waals surface area contributed by atoms with Gasteiger partial charge in [-0.15, -0.1) is 0 Å². The summed E-state index contributed by atoms with van der Waals surface area (Å²) in [6.45, 7) is -0.406. The van der Waals surface area contributed by atoms with E-state index in [9.17, 15) is 9.59 Å². The quantitative estimate of drug-likeness (QED) is 0.650. The predicted octanol–water partition coefficient (Wildman–Crippen LogP) is 4.19. The fourth-order valence-electron chi connectivity index (χ4n) is 1.69. The summed E-state index contributed by atoms with van der Waals surface area (Å²) in [5.74, 6) is -1.10. The molecule has 0 aromatic heterocycles. The zero-order valence-electron chi connectivity index (χ0n) is 12.0. The van der Waals surface area contributed by atoms with Gasteiger partial charge < -0.3 is 10.1 Å². The van der Waals surface area contributed by atoms with Crippen molar-refractivity contribution in [3.8, 4) is 0 Å². The van der Waals surface area contributed by atoms with E-state index in [1.807, 2.05) is 30.3 Å². The van der Waals surface area contributed by atoms with Gasteiger partial charge in [0.1, 0.15) is 0 Å². The summed E-state index contributed by atoms with van der Waals surface area (Å²) >= 11 is 11.7. The van der Waals surface area contributed by atoms with Crippen LogP contribution >= 0.6 is 23.2 Å². The molecule has 0 spiro atoms. The van der Waals surface area contributed by atoms with Crippen molar-refractivity contribution in [2.75, 3.05) is 11.9 Å². The molecular weight excluding hydrogens is 337 g/mol. The van der Waals surface area contributed by atoms with Crippen molar-refractivity contribution in [3.05, 3.63) is 70.2 Å². The normalized spacial score (nSPS) is 10.5. The molecule has 1 N–H and O–H groups in total. The van der Waals surface area contributed by atoms with Crippen LogP contribution in [-0.2, 0) is 14.3 Å². The SMILES string of the molecule is O=C(COC(=O)C=Cc1ccccc1)Nc1ccc(Cl)cc1Cl. The number of halogens is 2. The average Bonchev–Trinajstić information content (AvgIpc) is 2.54. The molecule has 0 aliphatic carbocycles. The van der Waals surface area contributed by atoms with Gasteiger partial charge in [-0.25, -0.2) is 4.79 Å². The molecule has 2 aromatic carbocycles. The summed E-state index contributed by atoms with van der Waals surface area (Å²) in [5.41, 5.74) is 1.26. The largest absolute Gasteiger partial charge is 0.452 e. The van der Waals surface area contributed by atoms with Gasteiger partial charge in [0.2, 0.25) is 0 Å². The summed E-state index contributed by atoms with van der Waals surface area (Å²) in [4.78, 5) is 23.3. The summed E-state index contributed by atoms with van der Waals surface area (Å²) in [6.07, 6.45) is 2.87. The van der Waals surface area contributed by atoms with Crippen molar-refractivity contribution in [1.29, 1.82) is 0 Å². The highest BCUT2D eigenvalue weighted by Gasteiger charge is 2.08. The zero-order valence-corrected chi connectivity index (χ0v) is 13.5. The molecule has 0 atom stereocenters. The minimum Gasteiger partial charge on any atom is -0.452 e. The summed E-state index contributed by atoms with van der Waals surface area (Å²) in [7, 11) is 0. The van der Waals surface area contributed by atoms with E-state index in [0.717, 1.165) is 5.56 Å². The lowest BCUT2D eigenvalue weighted by molar-refractivity contribution is -0.142. The number of ether oxygens (including phenoxy) is 1. The van der Waals surface area contributed by atoms with Gasteiger partial charge in [-0.3, -0.25) is 4.79 Å². The number of hydrogen-bond donors (Lipinski definition) is 1. The maximum absolute atomic E-state index is 11.7. The maximum atomic E-state index is 11.7. The van der Waals surface area contributed by atoms with Crippen molar-refractivity contribution < 1.29 is 14.3 Å². The van der Waals surface area contributed by atoms with E-state index < -0.39 is 18.5 Å². The number of nitrogens with one attached hydrogen (secondary N) is 1. The number of amides is 1. The lowest BCUT2D eigenvalue weighted by atomic mass is 10.2. The Morgan fingerprint density at radius 1 is 1.09 bits per heavy atom. The molecule has 0 saturated heterocycles. The van der Waals surface area contributed by atoms with Crippen molar-refractivity contribution >= 4 is 46.8 Å². The molecule has 1 amide bonds. The van der Waals surface area contributed by atoms with Gasteiger partial charge in [-0.1, -0.05) is 53.5 Å². The fraction of sp³-hybridized carbons (Fsp3) is 0.0588. The fourth-order valence-corrected chi connectivity index (χ4v) is 2.15. The van der Waals surface area contributed by atoms with Crippen LogP contribution in [0.4, 0.5) is 5.69 Å². The first kappa shape index (κ1) is 17.1. The van der Waals surface area contributed by atoms with Crippen LogP contribution in [0.3, 0.4) is 0 Å². The molecule has 6 heteroatoms. The van der Waals surface area contributed by atoms with Gasteiger partial charge in [0.25, 0.3) is 5.91 Å². The number of anilines is 1. The predicted molar refractivity (Wildman–Crippen MR) is 91.5 cm³/mol. The summed E-state index contributed by atoms with van der Waals surface area (Å²) in [5, 5.41) is 3.31. The van der Waals surface area contributed by atoms with Gasteiger partial charge in [0.15, 0.2) is 6.61 Å². The second-order valence-electron chi connectivity index (χ2n) is 4.52. The summed E-state index contributed by atoms with van der Waals surface area (Å²) in [6, 6.07) is 14.0. The zero-order chi connectivity index (χ0) is 16.7. The Kier molecular flexibility index (Phi) is 6.20. The van der Waals surface area contributed by atoms with Crippen molar-refractivity contribution in [3.63, 3.8) is 0 Å². The van der Waals surface area contributed by atoms with E-state index in [2.05, 4.69) is 5.32 Å². The first-order valence-electron chi connectivity index (χ1n) is 6.69. The number of hydrogen-bond acceptors (Lipinski definition) is 3. The standard InChI is InChI=1S/C17H13Cl2NO3/c18-13-7-8-15(14(19)10-13)20-16(21)11-23-17(22)9-6-12-4-2-1-3-5-12/h1-10H,11H2,(H,20,21). The minimum atomic E-state index is -0.605. The molecule has 2 rings (SSSR count). The highest BCUT2D eigenvalue weighted by molar-refractivity contribution is 6.36. The average molecular weight is 350 g/mol.